The van der Waals surface area contributed by atoms with Crippen LogP contribution in [0.1, 0.15) is 18.7 Å². The first-order valence-electron chi connectivity index (χ1n) is 7.11. The van der Waals surface area contributed by atoms with Crippen molar-refractivity contribution < 1.29 is 23.1 Å². The number of hydrogen-bond donors (Lipinski definition) is 2. The fraction of sp³-hybridized carbons (Fsp3) is 0.429. The van der Waals surface area contributed by atoms with E-state index < -0.39 is 23.1 Å². The van der Waals surface area contributed by atoms with Crippen LogP contribution in [-0.2, 0) is 22.5 Å². The Morgan fingerprint density at radius 2 is 2.22 bits per heavy atom. The van der Waals surface area contributed by atoms with Crippen LogP contribution in [0.2, 0.25) is 0 Å². The highest BCUT2D eigenvalue weighted by Crippen LogP contribution is 2.32. The molecule has 1 fully saturated rings. The number of rotatable bonds is 4. The summed E-state index contributed by atoms with van der Waals surface area (Å²) in [6, 6.07) is 3.89. The molecule has 9 heteroatoms. The summed E-state index contributed by atoms with van der Waals surface area (Å²) in [7, 11) is 0. The number of carboxylic acids is 1. The zero-order valence-corrected chi connectivity index (χ0v) is 13.2. The molecule has 1 saturated heterocycles. The fourth-order valence-corrected chi connectivity index (χ4v) is 3.70. The van der Waals surface area contributed by atoms with E-state index in [-0.39, 0.29) is 18.4 Å². The van der Waals surface area contributed by atoms with Gasteiger partial charge in [0.15, 0.2) is 0 Å². The van der Waals surface area contributed by atoms with E-state index in [1.165, 1.54) is 22.5 Å². The summed E-state index contributed by atoms with van der Waals surface area (Å²) < 4.78 is 37.1. The van der Waals surface area contributed by atoms with E-state index in [2.05, 4.69) is 5.10 Å². The van der Waals surface area contributed by atoms with Crippen molar-refractivity contribution in [1.29, 1.82) is 0 Å². The number of hydrogen-bond acceptors (Lipinski definition) is 3. The quantitative estimate of drug-likeness (QED) is 0.820. The summed E-state index contributed by atoms with van der Waals surface area (Å²) >= 11 is -2.07. The molecule has 3 atom stereocenters. The SMILES string of the molecule is C[C@@H]1CN(S(=O)O)C[C@@H]1n1nc(CC(=O)O)c2ccc(F)cc21. The van der Waals surface area contributed by atoms with Gasteiger partial charge in [0.25, 0.3) is 0 Å². The molecule has 7 nitrogen and oxygen atoms in total. The minimum absolute atomic E-state index is 0.0233. The Morgan fingerprint density at radius 3 is 2.83 bits per heavy atom. The van der Waals surface area contributed by atoms with Gasteiger partial charge in [-0.05, 0) is 24.1 Å². The number of fused-ring (bicyclic) bond motifs is 1. The predicted octanol–water partition coefficient (Wildman–Crippen LogP) is 1.43. The second kappa shape index (κ2) is 5.99. The zero-order valence-electron chi connectivity index (χ0n) is 12.3. The molecule has 0 spiro atoms. The third kappa shape index (κ3) is 2.99. The summed E-state index contributed by atoms with van der Waals surface area (Å²) in [4.78, 5) is 11.0. The van der Waals surface area contributed by atoms with E-state index in [4.69, 9.17) is 5.11 Å². The summed E-state index contributed by atoms with van der Waals surface area (Å²) in [5, 5.41) is 14.0. The van der Waals surface area contributed by atoms with Gasteiger partial charge in [-0.2, -0.15) is 9.40 Å². The number of aliphatic carboxylic acids is 1. The standard InChI is InChI=1S/C14H16FN3O4S/c1-8-6-17(23(21)22)7-13(8)18-12-4-9(15)2-3-10(12)11(16-18)5-14(19)20/h2-4,8,13H,5-7H2,1H3,(H,19,20)(H,21,22)/t8-,13+/m1/s1. The molecule has 0 aliphatic carbocycles. The average Bonchev–Trinajstić information content (AvgIpc) is 2.99. The maximum absolute atomic E-state index is 13.6. The number of carboxylic acid groups (broad SMARTS) is 1. The summed E-state index contributed by atoms with van der Waals surface area (Å²) in [6.45, 7) is 2.63. The van der Waals surface area contributed by atoms with Gasteiger partial charge in [-0.1, -0.05) is 6.92 Å². The molecule has 0 bridgehead atoms. The lowest BCUT2D eigenvalue weighted by molar-refractivity contribution is -0.136. The van der Waals surface area contributed by atoms with Crippen LogP contribution in [0.5, 0.6) is 0 Å². The second-order valence-corrected chi connectivity index (χ2v) is 6.72. The molecule has 2 aromatic rings. The molecule has 3 rings (SSSR count). The Kier molecular flexibility index (Phi) is 4.17. The molecule has 1 aromatic heterocycles. The highest BCUT2D eigenvalue weighted by Gasteiger charge is 2.35. The minimum atomic E-state index is -2.07. The van der Waals surface area contributed by atoms with Crippen LogP contribution in [-0.4, -0.2) is 47.0 Å². The molecule has 1 aromatic carbocycles. The van der Waals surface area contributed by atoms with Crippen molar-refractivity contribution in [3.63, 3.8) is 0 Å². The maximum Gasteiger partial charge on any atom is 0.309 e. The van der Waals surface area contributed by atoms with Crippen molar-refractivity contribution >= 4 is 28.1 Å². The van der Waals surface area contributed by atoms with E-state index in [0.717, 1.165) is 0 Å². The number of nitrogens with zero attached hydrogens (tertiary/aromatic N) is 3. The smallest absolute Gasteiger partial charge is 0.309 e. The lowest BCUT2D eigenvalue weighted by atomic mass is 10.1. The van der Waals surface area contributed by atoms with Gasteiger partial charge in [-0.15, -0.1) is 0 Å². The Hall–Kier alpha value is -1.84. The van der Waals surface area contributed by atoms with Gasteiger partial charge in [0.2, 0.25) is 11.3 Å². The van der Waals surface area contributed by atoms with Crippen LogP contribution < -0.4 is 0 Å². The Balaban J connectivity index is 2.08. The Labute approximate surface area is 134 Å². The average molecular weight is 341 g/mol. The number of benzene rings is 1. The van der Waals surface area contributed by atoms with Crippen LogP contribution >= 0.6 is 0 Å². The van der Waals surface area contributed by atoms with Gasteiger partial charge < -0.3 is 5.11 Å². The van der Waals surface area contributed by atoms with E-state index in [0.29, 0.717) is 29.7 Å². The largest absolute Gasteiger partial charge is 0.481 e. The molecule has 0 saturated carbocycles. The van der Waals surface area contributed by atoms with Crippen molar-refractivity contribution in [2.24, 2.45) is 5.92 Å². The Bertz CT molecular complexity index is 794. The van der Waals surface area contributed by atoms with Gasteiger partial charge in [0, 0.05) is 18.5 Å². The summed E-state index contributed by atoms with van der Waals surface area (Å²) in [5.74, 6) is -1.43. The van der Waals surface area contributed by atoms with E-state index in [1.807, 2.05) is 6.92 Å². The highest BCUT2D eigenvalue weighted by atomic mass is 32.2. The van der Waals surface area contributed by atoms with Crippen molar-refractivity contribution in [3.8, 4) is 0 Å². The molecule has 1 aliphatic heterocycles. The topological polar surface area (TPSA) is 95.7 Å². The van der Waals surface area contributed by atoms with Gasteiger partial charge in [0.05, 0.1) is 23.7 Å². The molecule has 1 aliphatic rings. The fourth-order valence-electron chi connectivity index (χ4n) is 3.05. The van der Waals surface area contributed by atoms with Gasteiger partial charge in [-0.3, -0.25) is 14.0 Å². The first kappa shape index (κ1) is 16.0. The maximum atomic E-state index is 13.6. The van der Waals surface area contributed by atoms with E-state index in [9.17, 15) is 17.9 Å². The zero-order chi connectivity index (χ0) is 16.7. The highest BCUT2D eigenvalue weighted by molar-refractivity contribution is 7.76. The molecule has 124 valence electrons. The van der Waals surface area contributed by atoms with Gasteiger partial charge in [0.1, 0.15) is 5.82 Å². The summed E-state index contributed by atoms with van der Waals surface area (Å²) in [6.07, 6.45) is -0.258. The van der Waals surface area contributed by atoms with Crippen molar-refractivity contribution in [3.05, 3.63) is 29.7 Å². The van der Waals surface area contributed by atoms with Gasteiger partial charge in [-0.25, -0.2) is 8.60 Å². The minimum Gasteiger partial charge on any atom is -0.481 e. The van der Waals surface area contributed by atoms with Crippen LogP contribution in [0, 0.1) is 11.7 Å². The number of carbonyl (C=O) groups is 1. The number of halogens is 1. The van der Waals surface area contributed by atoms with E-state index >= 15 is 0 Å². The van der Waals surface area contributed by atoms with Crippen molar-refractivity contribution in [2.45, 2.75) is 19.4 Å². The van der Waals surface area contributed by atoms with Crippen LogP contribution in [0.25, 0.3) is 10.9 Å². The monoisotopic (exact) mass is 341 g/mol. The molecular formula is C14H16FN3O4S. The molecule has 0 amide bonds. The molecule has 2 heterocycles. The molecule has 2 N–H and O–H groups in total. The van der Waals surface area contributed by atoms with Crippen molar-refractivity contribution in [1.82, 2.24) is 14.1 Å². The molecule has 23 heavy (non-hydrogen) atoms. The molecular weight excluding hydrogens is 325 g/mol. The van der Waals surface area contributed by atoms with Crippen LogP contribution in [0.4, 0.5) is 4.39 Å². The van der Waals surface area contributed by atoms with Crippen LogP contribution in [0.15, 0.2) is 18.2 Å². The van der Waals surface area contributed by atoms with Crippen molar-refractivity contribution in [2.75, 3.05) is 13.1 Å². The number of aromatic nitrogens is 2. The van der Waals surface area contributed by atoms with Gasteiger partial charge >= 0.3 is 5.97 Å². The predicted molar refractivity (Wildman–Crippen MR) is 81.6 cm³/mol. The lowest BCUT2D eigenvalue weighted by Gasteiger charge is -2.16. The van der Waals surface area contributed by atoms with E-state index in [1.54, 1.807) is 4.68 Å². The third-order valence-corrected chi connectivity index (χ3v) is 4.88. The lowest BCUT2D eigenvalue weighted by Crippen LogP contribution is -2.23. The normalized spacial score (nSPS) is 23.4. The first-order chi connectivity index (χ1) is 10.9. The molecule has 0 radical (unpaired) electrons. The molecule has 1 unspecified atom stereocenters. The van der Waals surface area contributed by atoms with Crippen LogP contribution in [0.3, 0.4) is 0 Å². The Morgan fingerprint density at radius 1 is 1.48 bits per heavy atom. The summed E-state index contributed by atoms with van der Waals surface area (Å²) in [5.41, 5.74) is 0.868. The third-order valence-electron chi connectivity index (χ3n) is 4.14. The first-order valence-corrected chi connectivity index (χ1v) is 8.17. The second-order valence-electron chi connectivity index (χ2n) is 5.75.